The minimum atomic E-state index is -0.762. The monoisotopic (exact) mass is 294 g/mol. The van der Waals surface area contributed by atoms with Gasteiger partial charge in [0.15, 0.2) is 0 Å². The number of thioether (sulfide) groups is 1. The number of aliphatic hydroxyl groups is 1. The van der Waals surface area contributed by atoms with Crippen LogP contribution in [0.4, 0.5) is 0 Å². The summed E-state index contributed by atoms with van der Waals surface area (Å²) in [6.07, 6.45) is -0.788. The van der Waals surface area contributed by atoms with Crippen molar-refractivity contribution >= 4 is 40.9 Å². The molecule has 0 saturated heterocycles. The van der Waals surface area contributed by atoms with E-state index >= 15 is 0 Å². The number of ether oxygens (including phenoxy) is 1. The van der Waals surface area contributed by atoms with Crippen LogP contribution < -0.4 is 0 Å². The topological polar surface area (TPSA) is 46.5 Å². The van der Waals surface area contributed by atoms with E-state index < -0.39 is 12.1 Å². The van der Waals surface area contributed by atoms with Gasteiger partial charge in [-0.2, -0.15) is 0 Å². The van der Waals surface area contributed by atoms with Crippen LogP contribution in [-0.2, 0) is 9.53 Å². The second-order valence-electron chi connectivity index (χ2n) is 3.32. The highest BCUT2D eigenvalue weighted by Gasteiger charge is 2.12. The minimum absolute atomic E-state index is 0.0261. The fourth-order valence-electron chi connectivity index (χ4n) is 1.11. The molecule has 0 amide bonds. The van der Waals surface area contributed by atoms with Gasteiger partial charge >= 0.3 is 5.97 Å². The lowest BCUT2D eigenvalue weighted by Gasteiger charge is -2.09. The largest absolute Gasteiger partial charge is 0.469 e. The van der Waals surface area contributed by atoms with Gasteiger partial charge in [0.1, 0.15) is 0 Å². The van der Waals surface area contributed by atoms with E-state index in [-0.39, 0.29) is 6.42 Å². The molecule has 94 valence electrons. The lowest BCUT2D eigenvalue weighted by Crippen LogP contribution is -2.16. The summed E-state index contributed by atoms with van der Waals surface area (Å²) in [5.74, 6) is -0.0786. The number of carbonyl (C=O) groups excluding carboxylic acids is 1. The molecule has 0 heterocycles. The number of esters is 1. The Morgan fingerprint density at radius 2 is 2.24 bits per heavy atom. The first-order valence-corrected chi connectivity index (χ1v) is 6.60. The predicted octanol–water partition coefficient (Wildman–Crippen LogP) is 3.01. The van der Waals surface area contributed by atoms with Crippen molar-refractivity contribution in [3.05, 3.63) is 28.2 Å². The Balaban J connectivity index is 2.49. The Hall–Kier alpha value is -0.420. The molecule has 0 saturated carbocycles. The van der Waals surface area contributed by atoms with E-state index in [0.29, 0.717) is 15.8 Å². The van der Waals surface area contributed by atoms with E-state index in [1.54, 1.807) is 18.2 Å². The number of carbonyl (C=O) groups is 1. The van der Waals surface area contributed by atoms with Crippen molar-refractivity contribution in [3.8, 4) is 0 Å². The molecule has 1 N–H and O–H groups in total. The predicted molar refractivity (Wildman–Crippen MR) is 69.8 cm³/mol. The van der Waals surface area contributed by atoms with Crippen molar-refractivity contribution in [1.82, 2.24) is 0 Å². The van der Waals surface area contributed by atoms with Gasteiger partial charge in [-0.1, -0.05) is 23.2 Å². The summed E-state index contributed by atoms with van der Waals surface area (Å²) in [6, 6.07) is 5.11. The van der Waals surface area contributed by atoms with Gasteiger partial charge < -0.3 is 9.84 Å². The van der Waals surface area contributed by atoms with E-state index in [4.69, 9.17) is 23.2 Å². The SMILES string of the molecule is COC(=O)C[C@@H](O)CSc1cc(Cl)ccc1Cl. The maximum atomic E-state index is 10.9. The number of benzene rings is 1. The van der Waals surface area contributed by atoms with Gasteiger partial charge in [0.2, 0.25) is 0 Å². The summed E-state index contributed by atoms with van der Waals surface area (Å²) in [7, 11) is 1.29. The van der Waals surface area contributed by atoms with Crippen LogP contribution in [0.3, 0.4) is 0 Å². The van der Waals surface area contributed by atoms with Crippen LogP contribution in [0.1, 0.15) is 6.42 Å². The lowest BCUT2D eigenvalue weighted by atomic mass is 10.3. The summed E-state index contributed by atoms with van der Waals surface area (Å²) in [5.41, 5.74) is 0. The van der Waals surface area contributed by atoms with Crippen LogP contribution in [-0.4, -0.2) is 30.0 Å². The van der Waals surface area contributed by atoms with Crippen molar-refractivity contribution in [2.75, 3.05) is 12.9 Å². The normalized spacial score (nSPS) is 12.2. The average molecular weight is 295 g/mol. The standard InChI is InChI=1S/C11H12Cl2O3S/c1-16-11(15)5-8(14)6-17-10-4-7(12)2-3-9(10)13/h2-4,8,14H,5-6H2,1H3/t8-/m1/s1. The van der Waals surface area contributed by atoms with Crippen LogP contribution in [0.25, 0.3) is 0 Å². The summed E-state index contributed by atoms with van der Waals surface area (Å²) in [4.78, 5) is 11.7. The minimum Gasteiger partial charge on any atom is -0.469 e. The number of aliphatic hydroxyl groups excluding tert-OH is 1. The molecule has 3 nitrogen and oxygen atoms in total. The molecule has 0 aliphatic carbocycles. The zero-order chi connectivity index (χ0) is 12.8. The molecule has 0 aliphatic heterocycles. The summed E-state index contributed by atoms with van der Waals surface area (Å²) in [5, 5.41) is 10.7. The third-order valence-electron chi connectivity index (χ3n) is 1.95. The zero-order valence-electron chi connectivity index (χ0n) is 9.15. The molecular formula is C11H12Cl2O3S. The molecule has 1 aromatic carbocycles. The average Bonchev–Trinajstić information content (AvgIpc) is 2.30. The number of hydrogen-bond donors (Lipinski definition) is 1. The number of hydrogen-bond acceptors (Lipinski definition) is 4. The highest BCUT2D eigenvalue weighted by Crippen LogP contribution is 2.30. The van der Waals surface area contributed by atoms with Crippen molar-refractivity contribution in [3.63, 3.8) is 0 Å². The Morgan fingerprint density at radius 1 is 1.53 bits per heavy atom. The van der Waals surface area contributed by atoms with E-state index in [2.05, 4.69) is 4.74 Å². The lowest BCUT2D eigenvalue weighted by molar-refractivity contribution is -0.142. The maximum absolute atomic E-state index is 10.9. The first-order chi connectivity index (χ1) is 8.02. The van der Waals surface area contributed by atoms with Crippen molar-refractivity contribution in [2.24, 2.45) is 0 Å². The maximum Gasteiger partial charge on any atom is 0.308 e. The second-order valence-corrected chi connectivity index (χ2v) is 5.23. The smallest absolute Gasteiger partial charge is 0.308 e. The van der Waals surface area contributed by atoms with Crippen LogP contribution in [0, 0.1) is 0 Å². The highest BCUT2D eigenvalue weighted by atomic mass is 35.5. The molecule has 1 rings (SSSR count). The van der Waals surface area contributed by atoms with Gasteiger partial charge in [-0.3, -0.25) is 4.79 Å². The fraction of sp³-hybridized carbons (Fsp3) is 0.364. The summed E-state index contributed by atoms with van der Waals surface area (Å²) < 4.78 is 4.46. The number of methoxy groups -OCH3 is 1. The van der Waals surface area contributed by atoms with E-state index in [1.807, 2.05) is 0 Å². The number of halogens is 2. The molecule has 1 aromatic rings. The van der Waals surface area contributed by atoms with Crippen LogP contribution in [0.5, 0.6) is 0 Å². The Bertz CT molecular complexity index is 398. The molecule has 0 aliphatic rings. The van der Waals surface area contributed by atoms with Crippen molar-refractivity contribution in [1.29, 1.82) is 0 Å². The zero-order valence-corrected chi connectivity index (χ0v) is 11.5. The molecule has 0 unspecified atom stereocenters. The molecule has 0 bridgehead atoms. The molecule has 1 atom stereocenters. The molecular weight excluding hydrogens is 283 g/mol. The van der Waals surface area contributed by atoms with E-state index in [9.17, 15) is 9.90 Å². The molecule has 0 fully saturated rings. The van der Waals surface area contributed by atoms with Crippen LogP contribution >= 0.6 is 35.0 Å². The van der Waals surface area contributed by atoms with Gasteiger partial charge in [0.25, 0.3) is 0 Å². The van der Waals surface area contributed by atoms with E-state index in [0.717, 1.165) is 4.90 Å². The highest BCUT2D eigenvalue weighted by molar-refractivity contribution is 7.99. The van der Waals surface area contributed by atoms with Crippen molar-refractivity contribution < 1.29 is 14.6 Å². The van der Waals surface area contributed by atoms with Crippen molar-refractivity contribution in [2.45, 2.75) is 17.4 Å². The summed E-state index contributed by atoms with van der Waals surface area (Å²) in [6.45, 7) is 0. The number of rotatable bonds is 5. The Labute approximate surface area is 114 Å². The van der Waals surface area contributed by atoms with Gasteiger partial charge in [0.05, 0.1) is 24.7 Å². The first-order valence-electron chi connectivity index (χ1n) is 4.85. The summed E-state index contributed by atoms with van der Waals surface area (Å²) >= 11 is 13.1. The Kier molecular flexibility index (Phi) is 6.12. The van der Waals surface area contributed by atoms with Gasteiger partial charge in [0, 0.05) is 15.7 Å². The fourth-order valence-corrected chi connectivity index (χ4v) is 2.53. The second kappa shape index (κ2) is 7.11. The quantitative estimate of drug-likeness (QED) is 0.670. The first kappa shape index (κ1) is 14.6. The molecule has 0 radical (unpaired) electrons. The third-order valence-corrected chi connectivity index (χ3v) is 3.83. The van der Waals surface area contributed by atoms with Crippen LogP contribution in [0.2, 0.25) is 10.0 Å². The van der Waals surface area contributed by atoms with Gasteiger partial charge in [-0.15, -0.1) is 11.8 Å². The molecule has 0 spiro atoms. The van der Waals surface area contributed by atoms with Gasteiger partial charge in [-0.05, 0) is 18.2 Å². The third kappa shape index (κ3) is 5.17. The van der Waals surface area contributed by atoms with E-state index in [1.165, 1.54) is 18.9 Å². The van der Waals surface area contributed by atoms with Gasteiger partial charge in [-0.25, -0.2) is 0 Å². The molecule has 6 heteroatoms. The van der Waals surface area contributed by atoms with Crippen LogP contribution in [0.15, 0.2) is 23.1 Å². The molecule has 17 heavy (non-hydrogen) atoms. The molecule has 0 aromatic heterocycles. The Morgan fingerprint density at radius 3 is 2.88 bits per heavy atom.